The third-order valence-electron chi connectivity index (χ3n) is 4.91. The number of hydrogen-bond acceptors (Lipinski definition) is 6. The summed E-state index contributed by atoms with van der Waals surface area (Å²) < 4.78 is 67.1. The SMILES string of the molecule is O=C(O)c1ccc(S(=O)(=O)N(Cc2cnn(-c3ccccc3)n2)c2ncc(C(F)(F)F)cc2Cl)cc1. The lowest BCUT2D eigenvalue weighted by Gasteiger charge is -2.24. The summed E-state index contributed by atoms with van der Waals surface area (Å²) in [7, 11) is -4.49. The highest BCUT2D eigenvalue weighted by Crippen LogP contribution is 2.35. The molecule has 0 saturated heterocycles. The Hall–Kier alpha value is -3.97. The molecule has 1 N–H and O–H groups in total. The number of carboxylic acids is 1. The first kappa shape index (κ1) is 25.1. The fourth-order valence-electron chi connectivity index (χ4n) is 3.14. The summed E-state index contributed by atoms with van der Waals surface area (Å²) in [5.74, 6) is -1.73. The Balaban J connectivity index is 1.78. The smallest absolute Gasteiger partial charge is 0.417 e. The van der Waals surface area contributed by atoms with Gasteiger partial charge in [-0.15, -0.1) is 0 Å². The van der Waals surface area contributed by atoms with Crippen molar-refractivity contribution in [2.45, 2.75) is 17.6 Å². The van der Waals surface area contributed by atoms with Crippen LogP contribution in [0.3, 0.4) is 0 Å². The molecule has 0 fully saturated rings. The average molecular weight is 538 g/mol. The van der Waals surface area contributed by atoms with E-state index in [1.165, 1.54) is 11.0 Å². The van der Waals surface area contributed by atoms with Crippen molar-refractivity contribution in [1.82, 2.24) is 20.0 Å². The molecule has 36 heavy (non-hydrogen) atoms. The molecule has 0 aliphatic heterocycles. The fraction of sp³-hybridized carbons (Fsp3) is 0.0909. The van der Waals surface area contributed by atoms with E-state index in [1.54, 1.807) is 30.3 Å². The lowest BCUT2D eigenvalue weighted by Crippen LogP contribution is -2.32. The van der Waals surface area contributed by atoms with Gasteiger partial charge in [-0.1, -0.05) is 29.8 Å². The summed E-state index contributed by atoms with van der Waals surface area (Å²) in [4.78, 5) is 15.7. The Bertz CT molecular complexity index is 1510. The van der Waals surface area contributed by atoms with Gasteiger partial charge in [0, 0.05) is 6.20 Å². The number of anilines is 1. The zero-order chi connectivity index (χ0) is 26.1. The maximum atomic E-state index is 13.5. The van der Waals surface area contributed by atoms with Crippen molar-refractivity contribution in [3.05, 3.63) is 94.9 Å². The van der Waals surface area contributed by atoms with Gasteiger partial charge in [-0.25, -0.2) is 22.5 Å². The molecule has 0 amide bonds. The first-order valence-corrected chi connectivity index (χ1v) is 11.8. The van der Waals surface area contributed by atoms with Gasteiger partial charge in [0.2, 0.25) is 0 Å². The second kappa shape index (κ2) is 9.59. The number of pyridine rings is 1. The Kier molecular flexibility index (Phi) is 6.69. The van der Waals surface area contributed by atoms with E-state index in [-0.39, 0.29) is 16.2 Å². The van der Waals surface area contributed by atoms with Crippen molar-refractivity contribution < 1.29 is 31.5 Å². The minimum Gasteiger partial charge on any atom is -0.478 e. The Labute approximate surface area is 207 Å². The third-order valence-corrected chi connectivity index (χ3v) is 6.93. The van der Waals surface area contributed by atoms with Crippen molar-refractivity contribution in [3.63, 3.8) is 0 Å². The largest absolute Gasteiger partial charge is 0.478 e. The molecule has 186 valence electrons. The second-order valence-corrected chi connectivity index (χ2v) is 9.60. The van der Waals surface area contributed by atoms with Crippen LogP contribution in [0.4, 0.5) is 19.0 Å². The minimum atomic E-state index is -4.75. The summed E-state index contributed by atoms with van der Waals surface area (Å²) >= 11 is 6.07. The van der Waals surface area contributed by atoms with Crippen molar-refractivity contribution in [2.75, 3.05) is 4.31 Å². The zero-order valence-corrected chi connectivity index (χ0v) is 19.5. The summed E-state index contributed by atoms with van der Waals surface area (Å²) in [6.07, 6.45) is -2.98. The highest BCUT2D eigenvalue weighted by atomic mass is 35.5. The first-order chi connectivity index (χ1) is 17.0. The maximum Gasteiger partial charge on any atom is 0.417 e. The van der Waals surface area contributed by atoms with Gasteiger partial charge in [0.25, 0.3) is 10.0 Å². The molecule has 0 aliphatic rings. The van der Waals surface area contributed by atoms with Crippen molar-refractivity contribution >= 4 is 33.4 Å². The number of rotatable bonds is 7. The van der Waals surface area contributed by atoms with Gasteiger partial charge in [-0.2, -0.15) is 28.2 Å². The lowest BCUT2D eigenvalue weighted by molar-refractivity contribution is -0.137. The zero-order valence-electron chi connectivity index (χ0n) is 18.0. The lowest BCUT2D eigenvalue weighted by atomic mass is 10.2. The monoisotopic (exact) mass is 537 g/mol. The second-order valence-electron chi connectivity index (χ2n) is 7.33. The van der Waals surface area contributed by atoms with Crippen molar-refractivity contribution in [1.29, 1.82) is 0 Å². The summed E-state index contributed by atoms with van der Waals surface area (Å²) in [5, 5.41) is 16.9. The fourth-order valence-corrected chi connectivity index (χ4v) is 4.87. The molecule has 9 nitrogen and oxygen atoms in total. The van der Waals surface area contributed by atoms with E-state index in [1.807, 2.05) is 0 Å². The summed E-state index contributed by atoms with van der Waals surface area (Å²) in [6, 6.07) is 13.6. The van der Waals surface area contributed by atoms with E-state index >= 15 is 0 Å². The number of aromatic nitrogens is 4. The number of hydrogen-bond donors (Lipinski definition) is 1. The minimum absolute atomic E-state index is 0.141. The van der Waals surface area contributed by atoms with Gasteiger partial charge in [-0.05, 0) is 42.5 Å². The van der Waals surface area contributed by atoms with Crippen LogP contribution in [-0.2, 0) is 22.7 Å². The standard InChI is InChI=1S/C22H15ClF3N5O4S/c23-19-10-15(22(24,25)26)11-27-20(19)30(36(34,35)18-8-6-14(7-9-18)21(32)33)13-16-12-28-31(29-16)17-4-2-1-3-5-17/h1-12H,13H2,(H,32,33). The van der Waals surface area contributed by atoms with E-state index in [9.17, 15) is 26.4 Å². The molecular weight excluding hydrogens is 523 g/mol. The molecule has 0 spiro atoms. The van der Waals surface area contributed by atoms with E-state index < -0.39 is 45.1 Å². The summed E-state index contributed by atoms with van der Waals surface area (Å²) in [6.45, 7) is -0.478. The summed E-state index contributed by atoms with van der Waals surface area (Å²) in [5.41, 5.74) is -0.582. The van der Waals surface area contributed by atoms with Crippen LogP contribution in [-0.4, -0.2) is 39.5 Å². The van der Waals surface area contributed by atoms with Crippen LogP contribution in [0, 0.1) is 0 Å². The third kappa shape index (κ3) is 5.16. The highest BCUT2D eigenvalue weighted by Gasteiger charge is 2.34. The van der Waals surface area contributed by atoms with E-state index in [0.717, 1.165) is 24.3 Å². The number of carbonyl (C=O) groups is 1. The van der Waals surface area contributed by atoms with Crippen LogP contribution < -0.4 is 4.31 Å². The van der Waals surface area contributed by atoms with Gasteiger partial charge >= 0.3 is 12.1 Å². The van der Waals surface area contributed by atoms with Gasteiger partial charge in [0.1, 0.15) is 5.69 Å². The number of nitrogens with zero attached hydrogens (tertiary/aromatic N) is 5. The van der Waals surface area contributed by atoms with E-state index in [4.69, 9.17) is 16.7 Å². The number of para-hydroxylation sites is 1. The van der Waals surface area contributed by atoms with Gasteiger partial charge in [-0.3, -0.25) is 0 Å². The number of aromatic carboxylic acids is 1. The van der Waals surface area contributed by atoms with E-state index in [0.29, 0.717) is 22.3 Å². The predicted molar refractivity (Wildman–Crippen MR) is 122 cm³/mol. The molecule has 0 saturated carbocycles. The predicted octanol–water partition coefficient (Wildman–Crippen LogP) is 4.43. The number of halogens is 4. The average Bonchev–Trinajstić information content (AvgIpc) is 3.31. The van der Waals surface area contributed by atoms with Gasteiger partial charge in [0.05, 0.1) is 39.5 Å². The molecule has 4 aromatic rings. The van der Waals surface area contributed by atoms with Crippen LogP contribution in [0.5, 0.6) is 0 Å². The number of alkyl halides is 3. The van der Waals surface area contributed by atoms with Crippen molar-refractivity contribution in [2.24, 2.45) is 0 Å². The van der Waals surface area contributed by atoms with Crippen LogP contribution in [0.15, 0.2) is 78.0 Å². The van der Waals surface area contributed by atoms with Crippen LogP contribution >= 0.6 is 11.6 Å². The first-order valence-electron chi connectivity index (χ1n) is 10.0. The van der Waals surface area contributed by atoms with Gasteiger partial charge in [0.15, 0.2) is 5.82 Å². The molecule has 0 unspecified atom stereocenters. The van der Waals surface area contributed by atoms with Crippen LogP contribution in [0.1, 0.15) is 21.6 Å². The topological polar surface area (TPSA) is 118 Å². The molecule has 2 heterocycles. The molecule has 2 aromatic heterocycles. The number of carboxylic acid groups (broad SMARTS) is 1. The Morgan fingerprint density at radius 3 is 2.31 bits per heavy atom. The Morgan fingerprint density at radius 1 is 1.06 bits per heavy atom. The molecule has 4 rings (SSSR count). The number of sulfonamides is 1. The Morgan fingerprint density at radius 2 is 1.72 bits per heavy atom. The number of benzene rings is 2. The molecule has 0 aliphatic carbocycles. The molecule has 0 radical (unpaired) electrons. The molecule has 0 bridgehead atoms. The highest BCUT2D eigenvalue weighted by molar-refractivity contribution is 7.92. The van der Waals surface area contributed by atoms with Crippen LogP contribution in [0.25, 0.3) is 5.69 Å². The quantitative estimate of drug-likeness (QED) is 0.370. The molecule has 0 atom stereocenters. The molecule has 2 aromatic carbocycles. The van der Waals surface area contributed by atoms with Crippen molar-refractivity contribution in [3.8, 4) is 5.69 Å². The maximum absolute atomic E-state index is 13.5. The van der Waals surface area contributed by atoms with E-state index in [2.05, 4.69) is 15.2 Å². The normalized spacial score (nSPS) is 11.9. The molecule has 14 heteroatoms. The van der Waals surface area contributed by atoms with Crippen LogP contribution in [0.2, 0.25) is 5.02 Å². The van der Waals surface area contributed by atoms with Gasteiger partial charge < -0.3 is 5.11 Å². The molecular formula is C22H15ClF3N5O4S.